The number of carbonyl (C=O) groups excluding carboxylic acids is 2. The fourth-order valence-corrected chi connectivity index (χ4v) is 2.44. The highest BCUT2D eigenvalue weighted by Crippen LogP contribution is 2.18. The van der Waals surface area contributed by atoms with Gasteiger partial charge in [0.15, 0.2) is 11.6 Å². The maximum absolute atomic E-state index is 13.7. The van der Waals surface area contributed by atoms with Gasteiger partial charge in [-0.05, 0) is 54.1 Å². The number of anilines is 1. The van der Waals surface area contributed by atoms with E-state index in [9.17, 15) is 14.0 Å². The lowest BCUT2D eigenvalue weighted by Gasteiger charge is -2.05. The van der Waals surface area contributed by atoms with Gasteiger partial charge in [-0.3, -0.25) is 9.59 Å². The van der Waals surface area contributed by atoms with Crippen LogP contribution in [0.4, 0.5) is 10.1 Å². The summed E-state index contributed by atoms with van der Waals surface area (Å²) in [5, 5.41) is 6.76. The fraction of sp³-hybridized carbons (Fsp3) is 0.0500. The number of hydrogen-bond donors (Lipinski definition) is 2. The normalized spacial score (nSPS) is 10.8. The van der Waals surface area contributed by atoms with Crippen molar-refractivity contribution < 1.29 is 18.7 Å². The van der Waals surface area contributed by atoms with Crippen LogP contribution in [0.1, 0.15) is 16.1 Å². The van der Waals surface area contributed by atoms with Crippen LogP contribution in [0.2, 0.25) is 0 Å². The zero-order chi connectivity index (χ0) is 20.1. The summed E-state index contributed by atoms with van der Waals surface area (Å²) in [7, 11) is 1.38. The number of aromatic nitrogens is 2. The van der Waals surface area contributed by atoms with Gasteiger partial charge in [0.1, 0.15) is 5.69 Å². The summed E-state index contributed by atoms with van der Waals surface area (Å²) in [4.78, 5) is 23.1. The third-order valence-corrected chi connectivity index (χ3v) is 3.84. The van der Waals surface area contributed by atoms with Gasteiger partial charge in [-0.1, -0.05) is 6.07 Å². The van der Waals surface area contributed by atoms with Crippen molar-refractivity contribution in [2.24, 2.45) is 5.73 Å². The number of hydrogen-bond acceptors (Lipinski definition) is 4. The van der Waals surface area contributed by atoms with Crippen LogP contribution in [0.15, 0.2) is 60.8 Å². The van der Waals surface area contributed by atoms with E-state index in [0.717, 1.165) is 0 Å². The van der Waals surface area contributed by atoms with Crippen LogP contribution in [0.5, 0.6) is 5.75 Å². The molecule has 2 aromatic carbocycles. The quantitative estimate of drug-likeness (QED) is 0.642. The zero-order valence-electron chi connectivity index (χ0n) is 14.9. The number of methoxy groups -OCH3 is 1. The summed E-state index contributed by atoms with van der Waals surface area (Å²) in [6, 6.07) is 12.8. The Morgan fingerprint density at radius 1 is 1.18 bits per heavy atom. The topological polar surface area (TPSA) is 99.2 Å². The summed E-state index contributed by atoms with van der Waals surface area (Å²) in [5.74, 6) is -1.33. The summed E-state index contributed by atoms with van der Waals surface area (Å²) >= 11 is 0. The molecule has 3 aromatic rings. The molecule has 28 heavy (non-hydrogen) atoms. The van der Waals surface area contributed by atoms with Crippen LogP contribution in [-0.2, 0) is 4.79 Å². The molecule has 0 bridgehead atoms. The van der Waals surface area contributed by atoms with Crippen molar-refractivity contribution in [2.75, 3.05) is 12.4 Å². The molecule has 0 atom stereocenters. The van der Waals surface area contributed by atoms with E-state index in [0.29, 0.717) is 16.9 Å². The van der Waals surface area contributed by atoms with Crippen LogP contribution < -0.4 is 15.8 Å². The Morgan fingerprint density at radius 3 is 2.54 bits per heavy atom. The molecule has 0 aliphatic heterocycles. The number of ether oxygens (including phenoxy) is 1. The van der Waals surface area contributed by atoms with Crippen molar-refractivity contribution in [3.63, 3.8) is 0 Å². The van der Waals surface area contributed by atoms with E-state index in [-0.39, 0.29) is 17.4 Å². The number of primary amides is 1. The molecule has 0 unspecified atom stereocenters. The zero-order valence-corrected chi connectivity index (χ0v) is 14.9. The van der Waals surface area contributed by atoms with Crippen LogP contribution in [-0.4, -0.2) is 28.7 Å². The van der Waals surface area contributed by atoms with Crippen molar-refractivity contribution in [3.05, 3.63) is 77.9 Å². The first kappa shape index (κ1) is 18.8. The average Bonchev–Trinajstić information content (AvgIpc) is 3.18. The molecule has 0 radical (unpaired) electrons. The molecule has 3 N–H and O–H groups in total. The highest BCUT2D eigenvalue weighted by atomic mass is 19.1. The van der Waals surface area contributed by atoms with E-state index in [4.69, 9.17) is 10.5 Å². The summed E-state index contributed by atoms with van der Waals surface area (Å²) in [5.41, 5.74) is 7.16. The Bertz CT molecular complexity index is 1040. The molecule has 2 amide bonds. The number of nitrogens with two attached hydrogens (primary N) is 1. The van der Waals surface area contributed by atoms with Gasteiger partial charge in [-0.25, -0.2) is 9.07 Å². The van der Waals surface area contributed by atoms with E-state index in [1.54, 1.807) is 36.5 Å². The van der Waals surface area contributed by atoms with Crippen LogP contribution in [0.25, 0.3) is 11.8 Å². The van der Waals surface area contributed by atoms with Gasteiger partial charge in [0.25, 0.3) is 5.91 Å². The minimum absolute atomic E-state index is 0.141. The van der Waals surface area contributed by atoms with E-state index in [1.807, 2.05) is 0 Å². The molecule has 7 nitrogen and oxygen atoms in total. The number of amides is 2. The molecule has 0 aliphatic rings. The Labute approximate surface area is 160 Å². The van der Waals surface area contributed by atoms with Gasteiger partial charge in [-0.2, -0.15) is 5.10 Å². The average molecular weight is 380 g/mol. The second-order valence-electron chi connectivity index (χ2n) is 5.77. The van der Waals surface area contributed by atoms with Gasteiger partial charge in [0, 0.05) is 18.0 Å². The number of nitrogens with one attached hydrogen (secondary N) is 1. The predicted octanol–water partition coefficient (Wildman–Crippen LogP) is 2.77. The monoisotopic (exact) mass is 380 g/mol. The molecule has 1 heterocycles. The van der Waals surface area contributed by atoms with Crippen LogP contribution in [0.3, 0.4) is 0 Å². The molecule has 0 saturated carbocycles. The minimum Gasteiger partial charge on any atom is -0.494 e. The number of nitrogens with zero attached hydrogens (tertiary/aromatic N) is 2. The Hall–Kier alpha value is -3.94. The second kappa shape index (κ2) is 8.17. The standard InChI is InChI=1S/C20H17FN4O3/c1-28-18-8-2-13(12-16(18)21)3-9-19(26)23-14-4-6-15(7-5-14)25-11-10-17(24-25)20(22)27/h2-12H,1H3,(H2,22,27)(H,23,26)/b9-3+. The fourth-order valence-electron chi connectivity index (χ4n) is 2.44. The van der Waals surface area contributed by atoms with Gasteiger partial charge >= 0.3 is 0 Å². The van der Waals surface area contributed by atoms with Crippen LogP contribution in [0, 0.1) is 5.82 Å². The maximum Gasteiger partial charge on any atom is 0.269 e. The number of rotatable bonds is 6. The molecule has 0 spiro atoms. The van der Waals surface area contributed by atoms with Gasteiger partial charge in [0.05, 0.1) is 12.8 Å². The summed E-state index contributed by atoms with van der Waals surface area (Å²) in [6.07, 6.45) is 4.42. The third-order valence-electron chi connectivity index (χ3n) is 3.84. The first-order chi connectivity index (χ1) is 13.5. The number of carbonyl (C=O) groups is 2. The van der Waals surface area contributed by atoms with Crippen LogP contribution >= 0.6 is 0 Å². The Morgan fingerprint density at radius 2 is 1.93 bits per heavy atom. The van der Waals surface area contributed by atoms with Gasteiger partial charge < -0.3 is 15.8 Å². The lowest BCUT2D eigenvalue weighted by molar-refractivity contribution is -0.111. The first-order valence-electron chi connectivity index (χ1n) is 8.25. The Balaban J connectivity index is 1.64. The van der Waals surface area contributed by atoms with Crippen molar-refractivity contribution in [1.29, 1.82) is 0 Å². The predicted molar refractivity (Wildman–Crippen MR) is 103 cm³/mol. The van der Waals surface area contributed by atoms with Gasteiger partial charge in [-0.15, -0.1) is 0 Å². The smallest absolute Gasteiger partial charge is 0.269 e. The molecule has 142 valence electrons. The maximum atomic E-state index is 13.7. The van der Waals surface area contributed by atoms with Crippen molar-refractivity contribution in [2.45, 2.75) is 0 Å². The molecule has 8 heteroatoms. The van der Waals surface area contributed by atoms with Gasteiger partial charge in [0.2, 0.25) is 5.91 Å². The van der Waals surface area contributed by atoms with Crippen molar-refractivity contribution in [3.8, 4) is 11.4 Å². The number of benzene rings is 2. The van der Waals surface area contributed by atoms with E-state index in [2.05, 4.69) is 10.4 Å². The van der Waals surface area contributed by atoms with E-state index >= 15 is 0 Å². The largest absolute Gasteiger partial charge is 0.494 e. The lowest BCUT2D eigenvalue weighted by atomic mass is 10.2. The first-order valence-corrected chi connectivity index (χ1v) is 8.25. The molecule has 3 rings (SSSR count). The summed E-state index contributed by atoms with van der Waals surface area (Å²) < 4.78 is 20.0. The van der Waals surface area contributed by atoms with E-state index < -0.39 is 11.7 Å². The second-order valence-corrected chi connectivity index (χ2v) is 5.77. The highest BCUT2D eigenvalue weighted by Gasteiger charge is 2.06. The molecule has 0 saturated heterocycles. The van der Waals surface area contributed by atoms with Crippen molar-refractivity contribution in [1.82, 2.24) is 9.78 Å². The SMILES string of the molecule is COc1ccc(/C=C/C(=O)Nc2ccc(-n3ccc(C(N)=O)n3)cc2)cc1F. The third kappa shape index (κ3) is 4.42. The highest BCUT2D eigenvalue weighted by molar-refractivity contribution is 6.02. The van der Waals surface area contributed by atoms with E-state index in [1.165, 1.54) is 42.1 Å². The Kier molecular flexibility index (Phi) is 5.50. The lowest BCUT2D eigenvalue weighted by Crippen LogP contribution is -2.12. The minimum atomic E-state index is -0.605. The summed E-state index contributed by atoms with van der Waals surface area (Å²) in [6.45, 7) is 0. The molecular formula is C20H17FN4O3. The molecule has 0 aliphatic carbocycles. The van der Waals surface area contributed by atoms with Crippen molar-refractivity contribution >= 4 is 23.6 Å². The molecule has 1 aromatic heterocycles. The molecule has 0 fully saturated rings. The molecular weight excluding hydrogens is 363 g/mol. The number of halogens is 1.